The summed E-state index contributed by atoms with van der Waals surface area (Å²) in [4.78, 5) is 25.2. The van der Waals surface area contributed by atoms with E-state index >= 15 is 0 Å². The van der Waals surface area contributed by atoms with Crippen LogP contribution in [0.5, 0.6) is 5.75 Å². The van der Waals surface area contributed by atoms with Crippen molar-refractivity contribution in [3.05, 3.63) is 64.2 Å². The number of hydrogen-bond donors (Lipinski definition) is 2. The Kier molecular flexibility index (Phi) is 6.00. The number of piperazine rings is 1. The number of nitrogens with zero attached hydrogens (tertiary/aromatic N) is 2. The largest absolute Gasteiger partial charge is 0.496 e. The zero-order valence-corrected chi connectivity index (χ0v) is 15.1. The van der Waals surface area contributed by atoms with Crippen molar-refractivity contribution in [2.45, 2.75) is 6.04 Å². The van der Waals surface area contributed by atoms with Gasteiger partial charge >= 0.3 is 0 Å². The lowest BCUT2D eigenvalue weighted by Crippen LogP contribution is -2.48. The molecule has 1 unspecified atom stereocenters. The van der Waals surface area contributed by atoms with E-state index in [2.05, 4.69) is 15.5 Å². The molecule has 8 nitrogen and oxygen atoms in total. The molecule has 27 heavy (non-hydrogen) atoms. The van der Waals surface area contributed by atoms with Crippen LogP contribution in [0.3, 0.4) is 0 Å². The molecule has 0 saturated carbocycles. The summed E-state index contributed by atoms with van der Waals surface area (Å²) in [6.07, 6.45) is 0. The number of methoxy groups -OCH3 is 1. The average molecular weight is 370 g/mol. The highest BCUT2D eigenvalue weighted by Gasteiger charge is 2.28. The fourth-order valence-electron chi connectivity index (χ4n) is 3.30. The molecular formula is C19H22N4O4. The Bertz CT molecular complexity index is 827. The number of nitro groups is 1. The van der Waals surface area contributed by atoms with Gasteiger partial charge < -0.3 is 15.4 Å². The number of benzene rings is 2. The SMILES string of the molecule is COc1ccccc1C1CNCCN1CC(=O)Nc1ccccc1[N+](=O)[O-]. The second-order valence-corrected chi connectivity index (χ2v) is 6.25. The summed E-state index contributed by atoms with van der Waals surface area (Å²) >= 11 is 0. The maximum atomic E-state index is 12.6. The molecule has 1 heterocycles. The highest BCUT2D eigenvalue weighted by atomic mass is 16.6. The minimum absolute atomic E-state index is 0.0218. The highest BCUT2D eigenvalue weighted by molar-refractivity contribution is 5.94. The third kappa shape index (κ3) is 4.42. The van der Waals surface area contributed by atoms with E-state index in [9.17, 15) is 14.9 Å². The Hall–Kier alpha value is -2.97. The van der Waals surface area contributed by atoms with E-state index in [1.54, 1.807) is 19.2 Å². The number of carbonyl (C=O) groups is 1. The summed E-state index contributed by atoms with van der Waals surface area (Å²) in [5.41, 5.74) is 1.09. The van der Waals surface area contributed by atoms with Gasteiger partial charge in [0.2, 0.25) is 5.91 Å². The average Bonchev–Trinajstić information content (AvgIpc) is 2.68. The molecule has 1 fully saturated rings. The molecule has 0 spiro atoms. The second kappa shape index (κ2) is 8.61. The van der Waals surface area contributed by atoms with Crippen LogP contribution >= 0.6 is 0 Å². The molecule has 0 aliphatic carbocycles. The zero-order valence-electron chi connectivity index (χ0n) is 15.1. The van der Waals surface area contributed by atoms with Gasteiger partial charge in [0.15, 0.2) is 0 Å². The van der Waals surface area contributed by atoms with Crippen LogP contribution in [0.1, 0.15) is 11.6 Å². The van der Waals surface area contributed by atoms with Crippen molar-refractivity contribution >= 4 is 17.3 Å². The number of nitro benzene ring substituents is 1. The van der Waals surface area contributed by atoms with Crippen LogP contribution in [0, 0.1) is 10.1 Å². The molecule has 1 amide bonds. The van der Waals surface area contributed by atoms with E-state index in [4.69, 9.17) is 4.74 Å². The number of hydrogen-bond acceptors (Lipinski definition) is 6. The quantitative estimate of drug-likeness (QED) is 0.598. The van der Waals surface area contributed by atoms with Gasteiger partial charge in [-0.3, -0.25) is 19.8 Å². The molecule has 1 saturated heterocycles. The van der Waals surface area contributed by atoms with Crippen molar-refractivity contribution in [3.8, 4) is 5.75 Å². The van der Waals surface area contributed by atoms with Gasteiger partial charge in [-0.15, -0.1) is 0 Å². The summed E-state index contributed by atoms with van der Waals surface area (Å²) < 4.78 is 5.46. The smallest absolute Gasteiger partial charge is 0.292 e. The van der Waals surface area contributed by atoms with E-state index in [-0.39, 0.29) is 29.9 Å². The molecule has 0 radical (unpaired) electrons. The van der Waals surface area contributed by atoms with Crippen molar-refractivity contribution in [2.75, 3.05) is 38.6 Å². The highest BCUT2D eigenvalue weighted by Crippen LogP contribution is 2.30. The Morgan fingerprint density at radius 2 is 2.04 bits per heavy atom. The molecule has 0 bridgehead atoms. The first-order chi connectivity index (χ1) is 13.1. The predicted molar refractivity (Wildman–Crippen MR) is 102 cm³/mol. The third-order valence-corrected chi connectivity index (χ3v) is 4.57. The predicted octanol–water partition coefficient (Wildman–Crippen LogP) is 2.19. The van der Waals surface area contributed by atoms with Gasteiger partial charge in [0, 0.05) is 31.3 Å². The zero-order chi connectivity index (χ0) is 19.2. The van der Waals surface area contributed by atoms with Gasteiger partial charge in [0.1, 0.15) is 11.4 Å². The van der Waals surface area contributed by atoms with Gasteiger partial charge in [-0.1, -0.05) is 30.3 Å². The van der Waals surface area contributed by atoms with Crippen LogP contribution in [-0.4, -0.2) is 49.0 Å². The van der Waals surface area contributed by atoms with Crippen LogP contribution in [0.2, 0.25) is 0 Å². The third-order valence-electron chi connectivity index (χ3n) is 4.57. The molecule has 1 aliphatic rings. The molecular weight excluding hydrogens is 348 g/mol. The Balaban J connectivity index is 1.75. The standard InChI is InChI=1S/C19H22N4O4/c1-27-18-9-5-2-6-14(18)17-12-20-10-11-22(17)13-19(24)21-15-7-3-4-8-16(15)23(25)26/h2-9,17,20H,10-13H2,1H3,(H,21,24). The number of carbonyl (C=O) groups excluding carboxylic acids is 1. The van der Waals surface area contributed by atoms with Crippen molar-refractivity contribution in [3.63, 3.8) is 0 Å². The molecule has 142 valence electrons. The number of rotatable bonds is 6. The maximum Gasteiger partial charge on any atom is 0.292 e. The Morgan fingerprint density at radius 1 is 1.30 bits per heavy atom. The van der Waals surface area contributed by atoms with E-state index < -0.39 is 4.92 Å². The minimum Gasteiger partial charge on any atom is -0.496 e. The number of amides is 1. The Morgan fingerprint density at radius 3 is 2.81 bits per heavy atom. The van der Waals surface area contributed by atoms with Gasteiger partial charge in [0.05, 0.1) is 24.6 Å². The van der Waals surface area contributed by atoms with E-state index in [1.165, 1.54) is 12.1 Å². The van der Waals surface area contributed by atoms with Gasteiger partial charge in [0.25, 0.3) is 5.69 Å². The molecule has 3 rings (SSSR count). The minimum atomic E-state index is -0.502. The number of anilines is 1. The maximum absolute atomic E-state index is 12.6. The number of ether oxygens (including phenoxy) is 1. The van der Waals surface area contributed by atoms with E-state index in [0.29, 0.717) is 13.1 Å². The molecule has 0 aromatic heterocycles. The summed E-state index contributed by atoms with van der Waals surface area (Å²) in [6.45, 7) is 2.28. The lowest BCUT2D eigenvalue weighted by Gasteiger charge is -2.36. The normalized spacial score (nSPS) is 17.3. The first-order valence-electron chi connectivity index (χ1n) is 8.71. The van der Waals surface area contributed by atoms with Crippen LogP contribution in [0.25, 0.3) is 0 Å². The van der Waals surface area contributed by atoms with Crippen molar-refractivity contribution in [1.29, 1.82) is 0 Å². The summed E-state index contributed by atoms with van der Waals surface area (Å²) in [6, 6.07) is 13.9. The van der Waals surface area contributed by atoms with Crippen molar-refractivity contribution in [1.82, 2.24) is 10.2 Å². The summed E-state index contributed by atoms with van der Waals surface area (Å²) in [7, 11) is 1.63. The summed E-state index contributed by atoms with van der Waals surface area (Å²) in [5, 5.41) is 17.1. The van der Waals surface area contributed by atoms with Crippen molar-refractivity contribution < 1.29 is 14.5 Å². The molecule has 8 heteroatoms. The molecule has 2 aromatic rings. The molecule has 1 aliphatic heterocycles. The number of nitrogens with one attached hydrogen (secondary N) is 2. The second-order valence-electron chi connectivity index (χ2n) is 6.25. The van der Waals surface area contributed by atoms with Crippen LogP contribution in [-0.2, 0) is 4.79 Å². The van der Waals surface area contributed by atoms with Crippen LogP contribution < -0.4 is 15.4 Å². The van der Waals surface area contributed by atoms with E-state index in [1.807, 2.05) is 24.3 Å². The summed E-state index contributed by atoms with van der Waals surface area (Å²) in [5.74, 6) is 0.487. The van der Waals surface area contributed by atoms with Gasteiger partial charge in [-0.05, 0) is 12.1 Å². The Labute approximate surface area is 157 Å². The first kappa shape index (κ1) is 18.8. The van der Waals surface area contributed by atoms with Gasteiger partial charge in [-0.25, -0.2) is 0 Å². The van der Waals surface area contributed by atoms with Gasteiger partial charge in [-0.2, -0.15) is 0 Å². The monoisotopic (exact) mass is 370 g/mol. The lowest BCUT2D eigenvalue weighted by molar-refractivity contribution is -0.383. The fourth-order valence-corrected chi connectivity index (χ4v) is 3.30. The number of para-hydroxylation sites is 3. The van der Waals surface area contributed by atoms with Crippen molar-refractivity contribution in [2.24, 2.45) is 0 Å². The molecule has 2 N–H and O–H groups in total. The lowest BCUT2D eigenvalue weighted by atomic mass is 10.0. The molecule has 2 aromatic carbocycles. The fraction of sp³-hybridized carbons (Fsp3) is 0.316. The van der Waals surface area contributed by atoms with Crippen LogP contribution in [0.4, 0.5) is 11.4 Å². The topological polar surface area (TPSA) is 96.7 Å². The van der Waals surface area contributed by atoms with E-state index in [0.717, 1.165) is 17.9 Å². The van der Waals surface area contributed by atoms with Crippen LogP contribution in [0.15, 0.2) is 48.5 Å². The molecule has 1 atom stereocenters. The first-order valence-corrected chi connectivity index (χ1v) is 8.71.